The van der Waals surface area contributed by atoms with E-state index in [1.54, 1.807) is 42.5 Å². The second kappa shape index (κ2) is 16.3. The Bertz CT molecular complexity index is 1800. The molecule has 0 bridgehead atoms. The fourth-order valence-electron chi connectivity index (χ4n) is 4.22. The van der Waals surface area contributed by atoms with Crippen molar-refractivity contribution in [3.63, 3.8) is 0 Å². The van der Waals surface area contributed by atoms with E-state index in [-0.39, 0.29) is 17.4 Å². The van der Waals surface area contributed by atoms with E-state index < -0.39 is 11.8 Å². The van der Waals surface area contributed by atoms with E-state index in [4.69, 9.17) is 4.74 Å². The van der Waals surface area contributed by atoms with Gasteiger partial charge in [0.05, 0.1) is 5.75 Å². The van der Waals surface area contributed by atoms with E-state index in [0.29, 0.717) is 29.2 Å². The number of hydrogen-bond acceptors (Lipinski definition) is 5. The van der Waals surface area contributed by atoms with Gasteiger partial charge in [0, 0.05) is 26.3 Å². The van der Waals surface area contributed by atoms with E-state index in [9.17, 15) is 14.4 Å². The highest BCUT2D eigenvalue weighted by Crippen LogP contribution is 2.22. The number of carbonyl (C=O) groups is 3. The first-order valence-corrected chi connectivity index (χ1v) is 16.1. The largest absolute Gasteiger partial charge is 0.489 e. The third-order valence-corrected chi connectivity index (χ3v) is 8.12. The predicted molar refractivity (Wildman–Crippen MR) is 188 cm³/mol. The molecule has 5 aromatic carbocycles. The summed E-state index contributed by atoms with van der Waals surface area (Å²) in [7, 11) is 0. The number of benzene rings is 5. The average molecular weight is 693 g/mol. The second-order valence-electron chi connectivity index (χ2n) is 10.0. The molecule has 46 heavy (non-hydrogen) atoms. The normalized spacial score (nSPS) is 10.9. The molecular weight excluding hydrogens is 662 g/mol. The molecule has 0 saturated heterocycles. The second-order valence-corrected chi connectivity index (χ2v) is 12.0. The van der Waals surface area contributed by atoms with Crippen LogP contribution in [0.4, 0.5) is 11.4 Å². The van der Waals surface area contributed by atoms with Crippen LogP contribution < -0.4 is 20.7 Å². The van der Waals surface area contributed by atoms with Crippen LogP contribution in [0.25, 0.3) is 6.08 Å². The monoisotopic (exact) mass is 691 g/mol. The Kier molecular flexibility index (Phi) is 11.4. The maximum Gasteiger partial charge on any atom is 0.272 e. The molecule has 0 unspecified atom stereocenters. The van der Waals surface area contributed by atoms with Crippen molar-refractivity contribution in [2.75, 3.05) is 16.4 Å². The molecule has 9 heteroatoms. The molecule has 0 aliphatic heterocycles. The number of ether oxygens (including phenoxy) is 1. The Morgan fingerprint density at radius 1 is 0.696 bits per heavy atom. The molecule has 0 atom stereocenters. The first-order chi connectivity index (χ1) is 22.4. The summed E-state index contributed by atoms with van der Waals surface area (Å²) >= 11 is 4.76. The summed E-state index contributed by atoms with van der Waals surface area (Å²) in [6, 6.07) is 40.4. The van der Waals surface area contributed by atoms with Crippen molar-refractivity contribution in [3.8, 4) is 5.75 Å². The van der Waals surface area contributed by atoms with Gasteiger partial charge in [0.25, 0.3) is 11.8 Å². The standard InChI is InChI=1S/C37H30BrN3O4S/c38-29-13-15-30(16-14-29)39-35(42)25-46-33-21-17-31(18-22-33)40-37(44)34(41-36(43)28-9-5-2-6-10-28)23-26-11-19-32(20-12-26)45-24-27-7-3-1-4-8-27/h1-23H,24-25H2,(H,39,42)(H,40,44)(H,41,43)/b34-23-. The van der Waals surface area contributed by atoms with Gasteiger partial charge in [0.1, 0.15) is 18.1 Å². The highest BCUT2D eigenvalue weighted by Gasteiger charge is 2.15. The van der Waals surface area contributed by atoms with E-state index in [1.165, 1.54) is 11.8 Å². The fraction of sp³-hybridized carbons (Fsp3) is 0.0541. The zero-order valence-corrected chi connectivity index (χ0v) is 27.0. The van der Waals surface area contributed by atoms with Crippen LogP contribution >= 0.6 is 27.7 Å². The summed E-state index contributed by atoms with van der Waals surface area (Å²) < 4.78 is 6.81. The number of amides is 3. The van der Waals surface area contributed by atoms with Crippen molar-refractivity contribution in [2.24, 2.45) is 0 Å². The summed E-state index contributed by atoms with van der Waals surface area (Å²) in [6.45, 7) is 0.438. The van der Waals surface area contributed by atoms with Gasteiger partial charge in [-0.15, -0.1) is 11.8 Å². The molecule has 0 aliphatic rings. The summed E-state index contributed by atoms with van der Waals surface area (Å²) in [5.41, 5.74) is 3.54. The molecule has 0 fully saturated rings. The molecule has 0 aromatic heterocycles. The molecule has 0 aliphatic carbocycles. The molecule has 0 radical (unpaired) electrons. The maximum atomic E-state index is 13.4. The van der Waals surface area contributed by atoms with Crippen LogP contribution in [0.5, 0.6) is 5.75 Å². The number of carbonyl (C=O) groups excluding carboxylic acids is 3. The quantitative estimate of drug-likeness (QED) is 0.0906. The highest BCUT2D eigenvalue weighted by atomic mass is 79.9. The Labute approximate surface area is 280 Å². The number of rotatable bonds is 12. The number of nitrogens with one attached hydrogen (secondary N) is 3. The summed E-state index contributed by atoms with van der Waals surface area (Å²) in [5, 5.41) is 8.48. The van der Waals surface area contributed by atoms with Crippen LogP contribution in [-0.2, 0) is 16.2 Å². The van der Waals surface area contributed by atoms with Gasteiger partial charge in [-0.05, 0) is 90.0 Å². The molecule has 5 rings (SSSR count). The lowest BCUT2D eigenvalue weighted by Gasteiger charge is -2.12. The van der Waals surface area contributed by atoms with Gasteiger partial charge in [-0.25, -0.2) is 0 Å². The van der Waals surface area contributed by atoms with E-state index >= 15 is 0 Å². The van der Waals surface area contributed by atoms with Crippen molar-refractivity contribution in [1.29, 1.82) is 0 Å². The first kappa shape index (κ1) is 32.3. The summed E-state index contributed by atoms with van der Waals surface area (Å²) in [6.07, 6.45) is 1.62. The third kappa shape index (κ3) is 9.95. The molecule has 230 valence electrons. The van der Waals surface area contributed by atoms with E-state index in [1.807, 2.05) is 97.1 Å². The predicted octanol–water partition coefficient (Wildman–Crippen LogP) is 8.17. The van der Waals surface area contributed by atoms with Crippen molar-refractivity contribution in [1.82, 2.24) is 5.32 Å². The van der Waals surface area contributed by atoms with Gasteiger partial charge >= 0.3 is 0 Å². The number of thioether (sulfide) groups is 1. The zero-order chi connectivity index (χ0) is 32.1. The van der Waals surface area contributed by atoms with Gasteiger partial charge in [-0.2, -0.15) is 0 Å². The lowest BCUT2D eigenvalue weighted by atomic mass is 10.1. The lowest BCUT2D eigenvalue weighted by Crippen LogP contribution is -2.30. The van der Waals surface area contributed by atoms with Gasteiger partial charge in [-0.3, -0.25) is 14.4 Å². The van der Waals surface area contributed by atoms with Crippen molar-refractivity contribution < 1.29 is 19.1 Å². The molecule has 0 spiro atoms. The van der Waals surface area contributed by atoms with Crippen molar-refractivity contribution in [3.05, 3.63) is 160 Å². The van der Waals surface area contributed by atoms with Gasteiger partial charge in [-0.1, -0.05) is 76.6 Å². The topological polar surface area (TPSA) is 96.5 Å². The smallest absolute Gasteiger partial charge is 0.272 e. The maximum absolute atomic E-state index is 13.4. The Morgan fingerprint density at radius 2 is 1.30 bits per heavy atom. The summed E-state index contributed by atoms with van der Waals surface area (Å²) in [5.74, 6) is -0.0922. The molecule has 0 heterocycles. The first-order valence-electron chi connectivity index (χ1n) is 14.4. The van der Waals surface area contributed by atoms with Gasteiger partial charge in [0.2, 0.25) is 5.91 Å². The Balaban J connectivity index is 1.23. The van der Waals surface area contributed by atoms with E-state index in [0.717, 1.165) is 20.6 Å². The minimum atomic E-state index is -0.483. The van der Waals surface area contributed by atoms with E-state index in [2.05, 4.69) is 31.9 Å². The zero-order valence-electron chi connectivity index (χ0n) is 24.6. The molecule has 3 N–H and O–H groups in total. The molecule has 0 saturated carbocycles. The minimum Gasteiger partial charge on any atom is -0.489 e. The van der Waals surface area contributed by atoms with Crippen LogP contribution in [0, 0.1) is 0 Å². The van der Waals surface area contributed by atoms with Gasteiger partial charge in [0.15, 0.2) is 0 Å². The fourth-order valence-corrected chi connectivity index (χ4v) is 5.19. The molecule has 3 amide bonds. The number of halogens is 1. The summed E-state index contributed by atoms with van der Waals surface area (Å²) in [4.78, 5) is 39.6. The van der Waals surface area contributed by atoms with Crippen molar-refractivity contribution in [2.45, 2.75) is 11.5 Å². The van der Waals surface area contributed by atoms with Crippen molar-refractivity contribution >= 4 is 62.9 Å². The lowest BCUT2D eigenvalue weighted by molar-refractivity contribution is -0.114. The molecular formula is C37H30BrN3O4S. The van der Waals surface area contributed by atoms with Crippen LogP contribution in [0.2, 0.25) is 0 Å². The van der Waals surface area contributed by atoms with Crippen LogP contribution in [0.1, 0.15) is 21.5 Å². The molecule has 7 nitrogen and oxygen atoms in total. The van der Waals surface area contributed by atoms with Crippen LogP contribution in [0.15, 0.2) is 149 Å². The number of anilines is 2. The van der Waals surface area contributed by atoms with Gasteiger partial charge < -0.3 is 20.7 Å². The van der Waals surface area contributed by atoms with Crippen LogP contribution in [-0.4, -0.2) is 23.5 Å². The Hall–Kier alpha value is -5.12. The SMILES string of the molecule is O=C(CSc1ccc(NC(=O)/C(=C/c2ccc(OCc3ccccc3)cc2)NC(=O)c2ccccc2)cc1)Nc1ccc(Br)cc1. The average Bonchev–Trinajstić information content (AvgIpc) is 3.09. The molecule has 5 aromatic rings. The Morgan fingerprint density at radius 3 is 1.98 bits per heavy atom. The highest BCUT2D eigenvalue weighted by molar-refractivity contribution is 9.10. The minimum absolute atomic E-state index is 0.0786. The number of hydrogen-bond donors (Lipinski definition) is 3. The van der Waals surface area contributed by atoms with Crippen LogP contribution in [0.3, 0.4) is 0 Å². The third-order valence-electron chi connectivity index (χ3n) is 6.58.